The Balaban J connectivity index is 4.09. The van der Waals surface area contributed by atoms with Gasteiger partial charge in [0.25, 0.3) is 0 Å². The molecule has 104 valence electrons. The quantitative estimate of drug-likeness (QED) is 0.241. The van der Waals surface area contributed by atoms with Gasteiger partial charge in [0.15, 0.2) is 0 Å². The predicted molar refractivity (Wildman–Crippen MR) is 77.5 cm³/mol. The Morgan fingerprint density at radius 3 is 2.39 bits per heavy atom. The van der Waals surface area contributed by atoms with Crippen LogP contribution in [0.3, 0.4) is 0 Å². The third-order valence-electron chi connectivity index (χ3n) is 2.66. The van der Waals surface area contributed by atoms with Crippen LogP contribution in [0.5, 0.6) is 0 Å². The van der Waals surface area contributed by atoms with E-state index >= 15 is 0 Å². The molecule has 0 fully saturated rings. The lowest BCUT2D eigenvalue weighted by Gasteiger charge is -2.06. The third kappa shape index (κ3) is 9.03. The van der Waals surface area contributed by atoms with E-state index in [0.29, 0.717) is 6.61 Å². The maximum atomic E-state index is 11.8. The molecule has 0 aromatic carbocycles. The molecule has 0 rings (SSSR count). The maximum Gasteiger partial charge on any atom is 0.333 e. The van der Waals surface area contributed by atoms with Crippen molar-refractivity contribution >= 4 is 5.97 Å². The lowest BCUT2D eigenvalue weighted by atomic mass is 10.1. The molecule has 0 aliphatic carbocycles. The van der Waals surface area contributed by atoms with Crippen molar-refractivity contribution in [3.05, 3.63) is 23.8 Å². The topological polar surface area (TPSA) is 26.3 Å². The summed E-state index contributed by atoms with van der Waals surface area (Å²) in [6.45, 7) is 6.77. The predicted octanol–water partition coefficient (Wildman–Crippen LogP) is 4.80. The van der Waals surface area contributed by atoms with Gasteiger partial charge in [0.1, 0.15) is 6.61 Å². The highest BCUT2D eigenvalue weighted by Crippen LogP contribution is 2.10. The Bertz CT molecular complexity index is 264. The molecule has 0 unspecified atom stereocenters. The molecule has 0 spiro atoms. The summed E-state index contributed by atoms with van der Waals surface area (Å²) in [5.74, 6) is -0.144. The number of rotatable bonds is 10. The fourth-order valence-corrected chi connectivity index (χ4v) is 1.61. The highest BCUT2D eigenvalue weighted by Gasteiger charge is 2.08. The molecule has 0 radical (unpaired) electrons. The zero-order valence-electron chi connectivity index (χ0n) is 12.2. The summed E-state index contributed by atoms with van der Waals surface area (Å²) in [5.41, 5.74) is 0.842. The molecule has 0 amide bonds. The molecule has 0 bridgehead atoms. The first-order valence-corrected chi connectivity index (χ1v) is 7.27. The molecule has 0 atom stereocenters. The molecule has 0 aliphatic rings. The summed E-state index contributed by atoms with van der Waals surface area (Å²) >= 11 is 0. The molecule has 0 aromatic heterocycles. The van der Waals surface area contributed by atoms with Crippen LogP contribution in [0.15, 0.2) is 23.8 Å². The minimum Gasteiger partial charge on any atom is -0.458 e. The number of allylic oxidation sites excluding steroid dienone is 2. The van der Waals surface area contributed by atoms with E-state index in [0.717, 1.165) is 50.5 Å². The molecule has 0 saturated carbocycles. The van der Waals surface area contributed by atoms with E-state index in [1.165, 1.54) is 0 Å². The molecular weight excluding hydrogens is 224 g/mol. The number of ether oxygens (including phenoxy) is 1. The minimum atomic E-state index is -0.144. The first kappa shape index (κ1) is 16.9. The summed E-state index contributed by atoms with van der Waals surface area (Å²) < 4.78 is 5.24. The summed E-state index contributed by atoms with van der Waals surface area (Å²) in [4.78, 5) is 11.8. The van der Waals surface area contributed by atoms with Gasteiger partial charge in [-0.3, -0.25) is 0 Å². The Morgan fingerprint density at radius 1 is 1.00 bits per heavy atom. The van der Waals surface area contributed by atoms with Gasteiger partial charge in [0.2, 0.25) is 0 Å². The van der Waals surface area contributed by atoms with E-state index < -0.39 is 0 Å². The van der Waals surface area contributed by atoms with Gasteiger partial charge in [-0.1, -0.05) is 64.7 Å². The second-order valence-electron chi connectivity index (χ2n) is 4.48. The summed E-state index contributed by atoms with van der Waals surface area (Å²) in [5, 5.41) is 0. The van der Waals surface area contributed by atoms with Crippen LogP contribution in [0.2, 0.25) is 0 Å². The van der Waals surface area contributed by atoms with Crippen molar-refractivity contribution in [2.24, 2.45) is 0 Å². The Morgan fingerprint density at radius 2 is 1.78 bits per heavy atom. The lowest BCUT2D eigenvalue weighted by molar-refractivity contribution is -0.138. The fourth-order valence-electron chi connectivity index (χ4n) is 1.61. The van der Waals surface area contributed by atoms with Gasteiger partial charge in [0, 0.05) is 5.57 Å². The van der Waals surface area contributed by atoms with Gasteiger partial charge in [-0.05, 0) is 19.3 Å². The van der Waals surface area contributed by atoms with Gasteiger partial charge < -0.3 is 4.74 Å². The Kier molecular flexibility index (Phi) is 11.7. The van der Waals surface area contributed by atoms with E-state index in [-0.39, 0.29) is 5.97 Å². The molecule has 0 aliphatic heterocycles. The molecule has 0 heterocycles. The first-order chi connectivity index (χ1) is 8.76. The van der Waals surface area contributed by atoms with E-state index in [4.69, 9.17) is 4.74 Å². The Labute approximate surface area is 112 Å². The second-order valence-corrected chi connectivity index (χ2v) is 4.48. The monoisotopic (exact) mass is 252 g/mol. The lowest BCUT2D eigenvalue weighted by Crippen LogP contribution is -2.08. The number of esters is 1. The van der Waals surface area contributed by atoms with Crippen LogP contribution in [0.1, 0.15) is 65.7 Å². The summed E-state index contributed by atoms with van der Waals surface area (Å²) in [6, 6.07) is 0. The van der Waals surface area contributed by atoms with Gasteiger partial charge in [0.05, 0.1) is 0 Å². The van der Waals surface area contributed by atoms with Gasteiger partial charge in [-0.15, -0.1) is 0 Å². The number of carbonyl (C=O) groups is 1. The van der Waals surface area contributed by atoms with Crippen molar-refractivity contribution < 1.29 is 9.53 Å². The number of carbonyl (C=O) groups excluding carboxylic acids is 1. The SMILES string of the molecule is CCCC=CCOC(=O)C(=CCCCC)CCC. The average molecular weight is 252 g/mol. The van der Waals surface area contributed by atoms with Crippen LogP contribution in [0.25, 0.3) is 0 Å². The summed E-state index contributed by atoms with van der Waals surface area (Å²) in [7, 11) is 0. The van der Waals surface area contributed by atoms with Crippen molar-refractivity contribution in [2.45, 2.75) is 65.7 Å². The average Bonchev–Trinajstić information content (AvgIpc) is 2.37. The molecule has 0 saturated heterocycles. The van der Waals surface area contributed by atoms with Gasteiger partial charge in [-0.2, -0.15) is 0 Å². The van der Waals surface area contributed by atoms with Crippen molar-refractivity contribution in [1.29, 1.82) is 0 Å². The number of unbranched alkanes of at least 4 members (excludes halogenated alkanes) is 3. The van der Waals surface area contributed by atoms with Crippen molar-refractivity contribution in [1.82, 2.24) is 0 Å². The molecule has 0 N–H and O–H groups in total. The van der Waals surface area contributed by atoms with Crippen LogP contribution in [-0.2, 0) is 9.53 Å². The zero-order valence-corrected chi connectivity index (χ0v) is 12.2. The van der Waals surface area contributed by atoms with Crippen molar-refractivity contribution in [3.8, 4) is 0 Å². The standard InChI is InChI=1S/C16H28O2/c1-4-7-9-11-14-18-16(17)15(12-6-3)13-10-8-5-2/h9,11,13H,4-8,10,12,14H2,1-3H3. The highest BCUT2D eigenvalue weighted by molar-refractivity contribution is 5.88. The molecule has 0 aromatic rings. The van der Waals surface area contributed by atoms with E-state index in [1.807, 2.05) is 12.2 Å². The zero-order chi connectivity index (χ0) is 13.6. The third-order valence-corrected chi connectivity index (χ3v) is 2.66. The minimum absolute atomic E-state index is 0.144. The van der Waals surface area contributed by atoms with Crippen LogP contribution in [0.4, 0.5) is 0 Å². The van der Waals surface area contributed by atoms with Crippen molar-refractivity contribution in [3.63, 3.8) is 0 Å². The van der Waals surface area contributed by atoms with E-state index in [9.17, 15) is 4.79 Å². The van der Waals surface area contributed by atoms with Crippen LogP contribution in [-0.4, -0.2) is 12.6 Å². The second kappa shape index (κ2) is 12.4. The summed E-state index contributed by atoms with van der Waals surface area (Å²) in [6.07, 6.45) is 13.3. The van der Waals surface area contributed by atoms with Crippen LogP contribution in [0, 0.1) is 0 Å². The molecule has 2 nitrogen and oxygen atoms in total. The Hall–Kier alpha value is -1.05. The maximum absolute atomic E-state index is 11.8. The fraction of sp³-hybridized carbons (Fsp3) is 0.688. The number of hydrogen-bond donors (Lipinski definition) is 0. The highest BCUT2D eigenvalue weighted by atomic mass is 16.5. The van der Waals surface area contributed by atoms with Gasteiger partial charge in [-0.25, -0.2) is 4.79 Å². The normalized spacial score (nSPS) is 12.1. The largest absolute Gasteiger partial charge is 0.458 e. The molecule has 2 heteroatoms. The number of hydrogen-bond acceptors (Lipinski definition) is 2. The van der Waals surface area contributed by atoms with E-state index in [2.05, 4.69) is 26.8 Å². The van der Waals surface area contributed by atoms with Gasteiger partial charge >= 0.3 is 5.97 Å². The smallest absolute Gasteiger partial charge is 0.333 e. The van der Waals surface area contributed by atoms with Crippen molar-refractivity contribution in [2.75, 3.05) is 6.61 Å². The first-order valence-electron chi connectivity index (χ1n) is 7.27. The van der Waals surface area contributed by atoms with Crippen LogP contribution >= 0.6 is 0 Å². The molecule has 18 heavy (non-hydrogen) atoms. The van der Waals surface area contributed by atoms with E-state index in [1.54, 1.807) is 0 Å². The molecular formula is C16H28O2. The van der Waals surface area contributed by atoms with Crippen LogP contribution < -0.4 is 0 Å².